The van der Waals surface area contributed by atoms with Gasteiger partial charge in [-0.3, -0.25) is 4.90 Å². The van der Waals surface area contributed by atoms with Crippen LogP contribution in [0.3, 0.4) is 0 Å². The van der Waals surface area contributed by atoms with Crippen LogP contribution in [-0.4, -0.2) is 57.1 Å². The summed E-state index contributed by atoms with van der Waals surface area (Å²) in [4.78, 5) is 6.54. The molecular weight excluding hydrogens is 380 g/mol. The maximum Gasteiger partial charge on any atom is 0.210 e. The zero-order valence-electron chi connectivity index (χ0n) is 17.1. The second kappa shape index (κ2) is 9.61. The van der Waals surface area contributed by atoms with Crippen LogP contribution < -0.4 is 4.74 Å². The van der Waals surface area contributed by atoms with E-state index < -0.39 is 0 Å². The minimum Gasteiger partial charge on any atom is -0.494 e. The molecule has 0 aliphatic carbocycles. The minimum atomic E-state index is -0.145. The highest BCUT2D eigenvalue weighted by atomic mass is 16.5. The van der Waals surface area contributed by atoms with Crippen LogP contribution >= 0.6 is 0 Å². The monoisotopic (exact) mass is 406 g/mol. The Morgan fingerprint density at radius 2 is 2.07 bits per heavy atom. The summed E-state index contributed by atoms with van der Waals surface area (Å²) in [5.41, 5.74) is 1.71. The van der Waals surface area contributed by atoms with Crippen LogP contribution in [0.25, 0.3) is 0 Å². The van der Waals surface area contributed by atoms with Crippen molar-refractivity contribution >= 4 is 0 Å². The molecule has 1 aliphatic heterocycles. The Bertz CT molecular complexity index is 1010. The average molecular weight is 406 g/mol. The third kappa shape index (κ3) is 5.29. The second-order valence-electron chi connectivity index (χ2n) is 7.40. The van der Waals surface area contributed by atoms with Gasteiger partial charge in [-0.25, -0.2) is 4.98 Å². The number of rotatable bonds is 8. The minimum absolute atomic E-state index is 0.145. The Kier molecular flexibility index (Phi) is 6.47. The largest absolute Gasteiger partial charge is 0.494 e. The maximum atomic E-state index is 9.27. The van der Waals surface area contributed by atoms with Gasteiger partial charge in [0.05, 0.1) is 19.3 Å². The van der Waals surface area contributed by atoms with E-state index >= 15 is 0 Å². The lowest BCUT2D eigenvalue weighted by Gasteiger charge is -2.35. The number of benzene rings is 1. The Morgan fingerprint density at radius 3 is 2.83 bits per heavy atom. The van der Waals surface area contributed by atoms with Crippen molar-refractivity contribution < 1.29 is 14.4 Å². The van der Waals surface area contributed by atoms with Crippen LogP contribution in [0, 0.1) is 11.8 Å². The van der Waals surface area contributed by atoms with Gasteiger partial charge < -0.3 is 18.9 Å². The first-order valence-electron chi connectivity index (χ1n) is 10.3. The molecule has 30 heavy (non-hydrogen) atoms. The van der Waals surface area contributed by atoms with Crippen LogP contribution in [0.2, 0.25) is 0 Å². The molecule has 1 saturated heterocycles. The second-order valence-corrected chi connectivity index (χ2v) is 7.40. The number of nitrogens with zero attached hydrogens (tertiary/aromatic N) is 4. The van der Waals surface area contributed by atoms with Gasteiger partial charge in [0.15, 0.2) is 0 Å². The average Bonchev–Trinajstić information content (AvgIpc) is 3.38. The van der Waals surface area contributed by atoms with E-state index in [1.165, 1.54) is 0 Å². The van der Waals surface area contributed by atoms with Crippen molar-refractivity contribution in [2.75, 3.05) is 26.2 Å². The van der Waals surface area contributed by atoms with Gasteiger partial charge in [0.2, 0.25) is 5.76 Å². The Balaban J connectivity index is 1.25. The zero-order chi connectivity index (χ0) is 20.8. The van der Waals surface area contributed by atoms with Crippen molar-refractivity contribution in [3.63, 3.8) is 0 Å². The molecule has 3 heterocycles. The van der Waals surface area contributed by atoms with E-state index in [4.69, 9.17) is 9.26 Å². The summed E-state index contributed by atoms with van der Waals surface area (Å²) < 4.78 is 13.2. The maximum absolute atomic E-state index is 9.27. The van der Waals surface area contributed by atoms with Crippen LogP contribution in [0.4, 0.5) is 0 Å². The normalized spacial score (nSPS) is 14.2. The van der Waals surface area contributed by atoms with E-state index in [1.54, 1.807) is 6.20 Å². The number of ether oxygens (including phenoxy) is 1. The van der Waals surface area contributed by atoms with Crippen LogP contribution in [0.15, 0.2) is 47.2 Å². The lowest BCUT2D eigenvalue weighted by Crippen LogP contribution is -2.50. The molecule has 1 N–H and O–H groups in total. The number of imidazole rings is 1. The standard InChI is InChI=1S/C23H26N4O3/c1-2-23-24-10-12-27(23)15-19-14-22(30-25-19)9-6-18-4-7-21(8-5-18)29-13-3-11-26-16-20(28)17-26/h4-5,7-8,10,12,14,20,28H,2-3,11,13,15-17H2,1H3. The van der Waals surface area contributed by atoms with E-state index in [2.05, 4.69) is 38.4 Å². The Labute approximate surface area is 176 Å². The highest BCUT2D eigenvalue weighted by Gasteiger charge is 2.23. The van der Waals surface area contributed by atoms with E-state index in [9.17, 15) is 5.11 Å². The van der Waals surface area contributed by atoms with Gasteiger partial charge >= 0.3 is 0 Å². The van der Waals surface area contributed by atoms with Crippen LogP contribution in [0.1, 0.15) is 36.2 Å². The third-order valence-corrected chi connectivity index (χ3v) is 5.02. The fourth-order valence-electron chi connectivity index (χ4n) is 3.39. The molecule has 7 heteroatoms. The summed E-state index contributed by atoms with van der Waals surface area (Å²) in [6.45, 7) is 5.88. The van der Waals surface area contributed by atoms with Crippen molar-refractivity contribution in [3.8, 4) is 17.6 Å². The molecule has 1 aliphatic rings. The van der Waals surface area contributed by atoms with Gasteiger partial charge in [-0.05, 0) is 36.6 Å². The number of aryl methyl sites for hydroxylation is 1. The Hall–Kier alpha value is -3.08. The van der Waals surface area contributed by atoms with Crippen LogP contribution in [0.5, 0.6) is 5.75 Å². The number of hydrogen-bond acceptors (Lipinski definition) is 6. The molecule has 2 aromatic heterocycles. The number of aromatic nitrogens is 3. The van der Waals surface area contributed by atoms with Crippen molar-refractivity contribution in [1.82, 2.24) is 19.6 Å². The highest BCUT2D eigenvalue weighted by molar-refractivity contribution is 5.41. The van der Waals surface area contributed by atoms with Gasteiger partial charge in [0, 0.05) is 50.1 Å². The summed E-state index contributed by atoms with van der Waals surface area (Å²) >= 11 is 0. The van der Waals surface area contributed by atoms with Crippen molar-refractivity contribution in [2.24, 2.45) is 0 Å². The number of β-amino-alcohol motifs (C(OH)–C–C–N with tert-alkyl or cyclic N) is 1. The van der Waals surface area contributed by atoms with Gasteiger partial charge in [-0.15, -0.1) is 0 Å². The summed E-state index contributed by atoms with van der Waals surface area (Å²) in [6, 6.07) is 9.58. The predicted molar refractivity (Wildman–Crippen MR) is 112 cm³/mol. The van der Waals surface area contributed by atoms with E-state index in [1.807, 2.05) is 36.5 Å². The third-order valence-electron chi connectivity index (χ3n) is 5.02. The number of aliphatic hydroxyl groups is 1. The molecule has 1 fully saturated rings. The zero-order valence-corrected chi connectivity index (χ0v) is 17.1. The number of hydrogen-bond donors (Lipinski definition) is 1. The molecule has 4 rings (SSSR count). The molecule has 0 radical (unpaired) electrons. The fraction of sp³-hybridized carbons (Fsp3) is 0.391. The van der Waals surface area contributed by atoms with E-state index in [-0.39, 0.29) is 6.10 Å². The summed E-state index contributed by atoms with van der Waals surface area (Å²) in [5.74, 6) is 8.51. The summed E-state index contributed by atoms with van der Waals surface area (Å²) in [6.07, 6.45) is 5.41. The molecule has 1 aromatic carbocycles. The van der Waals surface area contributed by atoms with E-state index in [0.29, 0.717) is 18.9 Å². The van der Waals surface area contributed by atoms with Crippen LogP contribution in [-0.2, 0) is 13.0 Å². The number of aliphatic hydroxyl groups excluding tert-OH is 1. The molecule has 0 bridgehead atoms. The lowest BCUT2D eigenvalue weighted by molar-refractivity contribution is 0.0000480. The summed E-state index contributed by atoms with van der Waals surface area (Å²) in [5, 5.41) is 13.4. The molecule has 0 unspecified atom stereocenters. The first-order valence-corrected chi connectivity index (χ1v) is 10.3. The van der Waals surface area contributed by atoms with Crippen molar-refractivity contribution in [1.29, 1.82) is 0 Å². The van der Waals surface area contributed by atoms with Gasteiger partial charge in [-0.1, -0.05) is 18.0 Å². The van der Waals surface area contributed by atoms with Crippen molar-refractivity contribution in [2.45, 2.75) is 32.4 Å². The van der Waals surface area contributed by atoms with Gasteiger partial charge in [0.25, 0.3) is 0 Å². The lowest BCUT2D eigenvalue weighted by atomic mass is 10.1. The highest BCUT2D eigenvalue weighted by Crippen LogP contribution is 2.13. The molecule has 7 nitrogen and oxygen atoms in total. The molecule has 156 valence electrons. The van der Waals surface area contributed by atoms with Gasteiger partial charge in [-0.2, -0.15) is 0 Å². The molecular formula is C23H26N4O3. The molecule has 0 saturated carbocycles. The SMILES string of the molecule is CCc1nccn1Cc1cc(C#Cc2ccc(OCCCN3CC(O)C3)cc2)on1. The quantitative estimate of drug-likeness (QED) is 0.457. The Morgan fingerprint density at radius 1 is 1.23 bits per heavy atom. The summed E-state index contributed by atoms with van der Waals surface area (Å²) in [7, 11) is 0. The first kappa shape index (κ1) is 20.2. The fourth-order valence-corrected chi connectivity index (χ4v) is 3.39. The first-order chi connectivity index (χ1) is 14.7. The molecule has 0 atom stereocenters. The van der Waals surface area contributed by atoms with Crippen molar-refractivity contribution in [3.05, 3.63) is 65.6 Å². The van der Waals surface area contributed by atoms with Gasteiger partial charge in [0.1, 0.15) is 17.3 Å². The molecule has 0 spiro atoms. The topological polar surface area (TPSA) is 76.5 Å². The predicted octanol–water partition coefficient (Wildman–Crippen LogP) is 2.33. The molecule has 0 amide bonds. The number of likely N-dealkylation sites (tertiary alicyclic amines) is 1. The molecule has 3 aromatic rings. The smallest absolute Gasteiger partial charge is 0.210 e. The van der Waals surface area contributed by atoms with E-state index in [0.717, 1.165) is 55.3 Å².